The number of benzene rings is 2. The molecule has 2 aromatic carbocycles. The maximum atomic E-state index is 14.0. The van der Waals surface area contributed by atoms with Gasteiger partial charge in [0.2, 0.25) is 10.0 Å². The monoisotopic (exact) mass is 447 g/mol. The van der Waals surface area contributed by atoms with Crippen LogP contribution in [0.15, 0.2) is 47.4 Å². The van der Waals surface area contributed by atoms with Crippen molar-refractivity contribution in [2.75, 3.05) is 37.7 Å². The zero-order valence-corrected chi connectivity index (χ0v) is 18.9. The number of rotatable bonds is 5. The second-order valence-corrected chi connectivity index (χ2v) is 10.4. The zero-order valence-electron chi connectivity index (χ0n) is 18.1. The number of ether oxygens (including phenoxy) is 1. The van der Waals surface area contributed by atoms with E-state index >= 15 is 0 Å². The number of anilines is 1. The van der Waals surface area contributed by atoms with Gasteiger partial charge < -0.3 is 9.64 Å². The smallest absolute Gasteiger partial charge is 0.246 e. The Kier molecular flexibility index (Phi) is 6.50. The van der Waals surface area contributed by atoms with Gasteiger partial charge in [0.15, 0.2) is 0 Å². The first-order chi connectivity index (χ1) is 14.8. The van der Waals surface area contributed by atoms with Crippen LogP contribution in [-0.2, 0) is 16.6 Å². The molecule has 2 aliphatic rings. The molecule has 4 rings (SSSR count). The van der Waals surface area contributed by atoms with E-state index < -0.39 is 10.0 Å². The van der Waals surface area contributed by atoms with Gasteiger partial charge in [-0.1, -0.05) is 38.1 Å². The third-order valence-electron chi connectivity index (χ3n) is 5.81. The molecule has 2 aliphatic heterocycles. The molecule has 168 valence electrons. The van der Waals surface area contributed by atoms with Crippen molar-refractivity contribution in [3.63, 3.8) is 0 Å². The minimum absolute atomic E-state index is 0.191. The van der Waals surface area contributed by atoms with Gasteiger partial charge in [0.05, 0.1) is 11.7 Å². The second-order valence-electron chi connectivity index (χ2n) is 8.72. The molecule has 0 saturated carbocycles. The largest absolute Gasteiger partial charge is 0.490 e. The van der Waals surface area contributed by atoms with Crippen molar-refractivity contribution in [1.29, 1.82) is 0 Å². The van der Waals surface area contributed by atoms with Crippen LogP contribution in [0.3, 0.4) is 0 Å². The summed E-state index contributed by atoms with van der Waals surface area (Å²) in [5.41, 5.74) is 1.35. The molecule has 1 saturated heterocycles. The number of nitrogens with zero attached hydrogens (tertiary/aromatic N) is 2. The molecule has 0 aromatic heterocycles. The fourth-order valence-electron chi connectivity index (χ4n) is 4.34. The van der Waals surface area contributed by atoms with Crippen LogP contribution in [0, 0.1) is 11.7 Å². The summed E-state index contributed by atoms with van der Waals surface area (Å²) in [5.74, 6) is 0.577. The molecule has 0 bridgehead atoms. The van der Waals surface area contributed by atoms with Gasteiger partial charge in [-0.05, 0) is 30.5 Å². The summed E-state index contributed by atoms with van der Waals surface area (Å²) in [6, 6.07) is 12.0. The van der Waals surface area contributed by atoms with E-state index in [4.69, 9.17) is 4.74 Å². The summed E-state index contributed by atoms with van der Waals surface area (Å²) in [6.45, 7) is 7.78. The Morgan fingerprint density at radius 1 is 1.10 bits per heavy atom. The van der Waals surface area contributed by atoms with Crippen LogP contribution in [0.4, 0.5) is 10.1 Å². The van der Waals surface area contributed by atoms with Gasteiger partial charge in [-0.15, -0.1) is 0 Å². The van der Waals surface area contributed by atoms with Gasteiger partial charge in [0, 0.05) is 38.3 Å². The topological polar surface area (TPSA) is 61.9 Å². The predicted molar refractivity (Wildman–Crippen MR) is 119 cm³/mol. The van der Waals surface area contributed by atoms with Crippen molar-refractivity contribution in [3.05, 3.63) is 53.8 Å². The lowest BCUT2D eigenvalue weighted by Crippen LogP contribution is -2.46. The van der Waals surface area contributed by atoms with Crippen LogP contribution in [0.5, 0.6) is 5.75 Å². The quantitative estimate of drug-likeness (QED) is 0.763. The van der Waals surface area contributed by atoms with E-state index in [9.17, 15) is 12.8 Å². The van der Waals surface area contributed by atoms with Gasteiger partial charge in [-0.2, -0.15) is 0 Å². The molecule has 2 aromatic rings. The van der Waals surface area contributed by atoms with Crippen molar-refractivity contribution >= 4 is 15.7 Å². The molecule has 6 nitrogen and oxygen atoms in total. The third-order valence-corrected chi connectivity index (χ3v) is 7.40. The van der Waals surface area contributed by atoms with Crippen molar-refractivity contribution in [2.24, 2.45) is 5.92 Å². The van der Waals surface area contributed by atoms with Crippen molar-refractivity contribution in [3.8, 4) is 5.75 Å². The molecule has 8 heteroatoms. The number of halogens is 1. The first-order valence-electron chi connectivity index (χ1n) is 10.8. The van der Waals surface area contributed by atoms with Crippen molar-refractivity contribution in [2.45, 2.75) is 37.8 Å². The van der Waals surface area contributed by atoms with Crippen LogP contribution < -0.4 is 14.4 Å². The average Bonchev–Trinajstić information content (AvgIpc) is 2.85. The standard InChI is InChI=1S/C23H30FN3O3S/c1-17(2)14-19-16-30-22-9-5-8-21(23(22)31(28,29)25-19)27-12-10-26(11-13-27)15-18-6-3-4-7-20(18)24/h3-9,17,19,25H,10-16H2,1-2H3/t19-/m0/s1. The number of sulfonamides is 1. The molecular weight excluding hydrogens is 417 g/mol. The van der Waals surface area contributed by atoms with Crippen LogP contribution >= 0.6 is 0 Å². The van der Waals surface area contributed by atoms with E-state index in [2.05, 4.69) is 28.4 Å². The molecule has 1 fully saturated rings. The second kappa shape index (κ2) is 9.14. The fraction of sp³-hybridized carbons (Fsp3) is 0.478. The van der Waals surface area contributed by atoms with E-state index in [0.717, 1.165) is 19.5 Å². The number of fused-ring (bicyclic) bond motifs is 1. The highest BCUT2D eigenvalue weighted by molar-refractivity contribution is 7.89. The lowest BCUT2D eigenvalue weighted by Gasteiger charge is -2.37. The fourth-order valence-corrected chi connectivity index (χ4v) is 5.92. The molecule has 0 amide bonds. The number of nitrogens with one attached hydrogen (secondary N) is 1. The van der Waals surface area contributed by atoms with E-state index in [1.165, 1.54) is 6.07 Å². The molecule has 1 N–H and O–H groups in total. The normalized spacial score (nSPS) is 21.4. The minimum atomic E-state index is -3.70. The molecule has 0 spiro atoms. The lowest BCUT2D eigenvalue weighted by atomic mass is 10.1. The Balaban J connectivity index is 1.51. The summed E-state index contributed by atoms with van der Waals surface area (Å²) in [6.07, 6.45) is 0.720. The Labute approximate surface area is 184 Å². The van der Waals surface area contributed by atoms with Crippen LogP contribution in [0.1, 0.15) is 25.8 Å². The summed E-state index contributed by atoms with van der Waals surface area (Å²) >= 11 is 0. The maximum Gasteiger partial charge on any atom is 0.246 e. The molecule has 0 aliphatic carbocycles. The van der Waals surface area contributed by atoms with Gasteiger partial charge in [0.1, 0.15) is 23.1 Å². The highest BCUT2D eigenvalue weighted by Crippen LogP contribution is 2.36. The number of hydrogen-bond donors (Lipinski definition) is 1. The molecular formula is C23H30FN3O3S. The predicted octanol–water partition coefficient (Wildman–Crippen LogP) is 3.23. The molecule has 1 atom stereocenters. The van der Waals surface area contributed by atoms with E-state index in [1.807, 2.05) is 24.3 Å². The maximum absolute atomic E-state index is 14.0. The van der Waals surface area contributed by atoms with E-state index in [-0.39, 0.29) is 16.8 Å². The Bertz CT molecular complexity index is 1020. The van der Waals surface area contributed by atoms with Crippen LogP contribution in [0.2, 0.25) is 0 Å². The lowest BCUT2D eigenvalue weighted by molar-refractivity contribution is 0.245. The van der Waals surface area contributed by atoms with Gasteiger partial charge in [-0.25, -0.2) is 17.5 Å². The summed E-state index contributed by atoms with van der Waals surface area (Å²) < 4.78 is 49.2. The minimum Gasteiger partial charge on any atom is -0.490 e. The average molecular weight is 448 g/mol. The molecule has 31 heavy (non-hydrogen) atoms. The number of hydrogen-bond acceptors (Lipinski definition) is 5. The van der Waals surface area contributed by atoms with Crippen molar-refractivity contribution < 1.29 is 17.5 Å². The zero-order chi connectivity index (χ0) is 22.0. The Hall–Kier alpha value is -2.16. The van der Waals surface area contributed by atoms with E-state index in [1.54, 1.807) is 12.1 Å². The van der Waals surface area contributed by atoms with Crippen LogP contribution in [-0.4, -0.2) is 52.1 Å². The van der Waals surface area contributed by atoms with Gasteiger partial charge in [-0.3, -0.25) is 4.90 Å². The Morgan fingerprint density at radius 2 is 1.84 bits per heavy atom. The van der Waals surface area contributed by atoms with Crippen molar-refractivity contribution in [1.82, 2.24) is 9.62 Å². The highest BCUT2D eigenvalue weighted by atomic mass is 32.2. The molecule has 0 unspecified atom stereocenters. The first-order valence-corrected chi connectivity index (χ1v) is 12.3. The molecule has 0 radical (unpaired) electrons. The number of piperazine rings is 1. The Morgan fingerprint density at radius 3 is 2.55 bits per heavy atom. The SMILES string of the molecule is CC(C)C[C@H]1COc2cccc(N3CCN(Cc4ccccc4F)CC3)c2S(=O)(=O)N1. The molecule has 2 heterocycles. The summed E-state index contributed by atoms with van der Waals surface area (Å²) in [5, 5.41) is 0. The van der Waals surface area contributed by atoms with E-state index in [0.29, 0.717) is 49.2 Å². The highest BCUT2D eigenvalue weighted by Gasteiger charge is 2.33. The first kappa shape index (κ1) is 22.0. The third kappa shape index (κ3) is 5.02. The summed E-state index contributed by atoms with van der Waals surface area (Å²) in [4.78, 5) is 4.50. The summed E-state index contributed by atoms with van der Waals surface area (Å²) in [7, 11) is -3.70. The van der Waals surface area contributed by atoms with Gasteiger partial charge >= 0.3 is 0 Å². The van der Waals surface area contributed by atoms with Crippen LogP contribution in [0.25, 0.3) is 0 Å². The van der Waals surface area contributed by atoms with Gasteiger partial charge in [0.25, 0.3) is 0 Å².